The predicted octanol–water partition coefficient (Wildman–Crippen LogP) is 6.13. The summed E-state index contributed by atoms with van der Waals surface area (Å²) >= 11 is 0. The largest absolute Gasteiger partial charge is 0.444 e. The van der Waals surface area contributed by atoms with Gasteiger partial charge in [0.25, 0.3) is 5.92 Å². The number of amides is 1. The number of alkyl halides is 2. The van der Waals surface area contributed by atoms with Crippen molar-refractivity contribution in [1.29, 1.82) is 0 Å². The van der Waals surface area contributed by atoms with Crippen LogP contribution in [0.2, 0.25) is 0 Å². The summed E-state index contributed by atoms with van der Waals surface area (Å²) in [6, 6.07) is 10.1. The van der Waals surface area contributed by atoms with Gasteiger partial charge in [0.05, 0.1) is 0 Å². The molecule has 4 nitrogen and oxygen atoms in total. The highest BCUT2D eigenvalue weighted by Gasteiger charge is 2.45. The molecule has 0 unspecified atom stereocenters. The average molecular weight is 437 g/mol. The summed E-state index contributed by atoms with van der Waals surface area (Å²) in [6.07, 6.45) is 2.31. The highest BCUT2D eigenvalue weighted by molar-refractivity contribution is 5.68. The van der Waals surface area contributed by atoms with E-state index in [4.69, 9.17) is 4.74 Å². The first-order valence-electron chi connectivity index (χ1n) is 11.5. The lowest BCUT2D eigenvalue weighted by Crippen LogP contribution is -2.46. The summed E-state index contributed by atoms with van der Waals surface area (Å²) in [5, 5.41) is 0. The smallest absolute Gasteiger partial charge is 0.410 e. The number of piperidine rings is 1. The van der Waals surface area contributed by atoms with Crippen molar-refractivity contribution in [1.82, 2.24) is 9.80 Å². The number of carbonyl (C=O) groups excluding carboxylic acids is 1. The second-order valence-corrected chi connectivity index (χ2v) is 9.06. The predicted molar refractivity (Wildman–Crippen MR) is 121 cm³/mol. The Morgan fingerprint density at radius 2 is 1.68 bits per heavy atom. The monoisotopic (exact) mass is 436 g/mol. The van der Waals surface area contributed by atoms with E-state index in [-0.39, 0.29) is 5.57 Å². The lowest BCUT2D eigenvalue weighted by atomic mass is 9.84. The van der Waals surface area contributed by atoms with Gasteiger partial charge < -0.3 is 9.64 Å². The molecule has 174 valence electrons. The lowest BCUT2D eigenvalue weighted by molar-refractivity contribution is -0.0536. The van der Waals surface area contributed by atoms with Gasteiger partial charge in [-0.1, -0.05) is 50.3 Å². The van der Waals surface area contributed by atoms with E-state index in [0.717, 1.165) is 6.54 Å². The van der Waals surface area contributed by atoms with Gasteiger partial charge >= 0.3 is 6.09 Å². The Bertz CT molecular complexity index is 721. The van der Waals surface area contributed by atoms with Crippen LogP contribution in [0, 0.1) is 5.92 Å². The minimum absolute atomic E-state index is 0.262. The van der Waals surface area contributed by atoms with Crippen molar-refractivity contribution in [3.8, 4) is 0 Å². The summed E-state index contributed by atoms with van der Waals surface area (Å²) in [4.78, 5) is 15.9. The number of ether oxygens (including phenoxy) is 1. The van der Waals surface area contributed by atoms with Crippen molar-refractivity contribution in [2.24, 2.45) is 5.92 Å². The maximum Gasteiger partial charge on any atom is 0.410 e. The molecule has 1 fully saturated rings. The van der Waals surface area contributed by atoms with Crippen LogP contribution in [0.25, 0.3) is 0 Å². The van der Waals surface area contributed by atoms with Crippen LogP contribution in [0.3, 0.4) is 0 Å². The number of carbonyl (C=O) groups is 1. The van der Waals surface area contributed by atoms with Crippen LogP contribution < -0.4 is 0 Å². The first-order valence-corrected chi connectivity index (χ1v) is 11.5. The Kier molecular flexibility index (Phi) is 9.04. The second-order valence-electron chi connectivity index (χ2n) is 9.06. The van der Waals surface area contributed by atoms with Gasteiger partial charge in [0.15, 0.2) is 0 Å². The number of likely N-dealkylation sites (tertiary alicyclic amines) is 1. The summed E-state index contributed by atoms with van der Waals surface area (Å²) < 4.78 is 35.6. The van der Waals surface area contributed by atoms with Gasteiger partial charge in [-0.05, 0) is 51.2 Å². The number of nitrogens with zero attached hydrogens (tertiary/aromatic N) is 2. The first-order chi connectivity index (χ1) is 14.6. The first kappa shape index (κ1) is 25.3. The van der Waals surface area contributed by atoms with Crippen LogP contribution in [0.1, 0.15) is 59.4 Å². The molecule has 1 aromatic carbocycles. The molecule has 31 heavy (non-hydrogen) atoms. The molecule has 0 atom stereocenters. The quantitative estimate of drug-likeness (QED) is 0.533. The van der Waals surface area contributed by atoms with Gasteiger partial charge in [-0.15, -0.1) is 0 Å². The van der Waals surface area contributed by atoms with E-state index in [1.54, 1.807) is 11.0 Å². The van der Waals surface area contributed by atoms with Crippen molar-refractivity contribution in [2.45, 2.75) is 71.9 Å². The van der Waals surface area contributed by atoms with E-state index in [2.05, 4.69) is 17.0 Å². The molecule has 3 rings (SSSR count). The normalized spacial score (nSPS) is 18.7. The van der Waals surface area contributed by atoms with Crippen LogP contribution in [-0.2, 0) is 11.3 Å². The molecular weight excluding hydrogens is 398 g/mol. The van der Waals surface area contributed by atoms with Crippen LogP contribution in [0.5, 0.6) is 0 Å². The molecule has 0 aromatic heterocycles. The molecule has 0 radical (unpaired) electrons. The summed E-state index contributed by atoms with van der Waals surface area (Å²) in [6.45, 7) is 12.0. The van der Waals surface area contributed by atoms with Crippen LogP contribution in [0.15, 0.2) is 42.0 Å². The fourth-order valence-electron chi connectivity index (χ4n) is 4.01. The number of hydrogen-bond donors (Lipinski definition) is 0. The maximum atomic E-state index is 15.1. The van der Waals surface area contributed by atoms with E-state index in [1.165, 1.54) is 5.56 Å². The second kappa shape index (κ2) is 11.1. The van der Waals surface area contributed by atoms with Crippen LogP contribution >= 0.6 is 0 Å². The number of rotatable bonds is 4. The fraction of sp³-hybridized carbons (Fsp3) is 0.640. The fourth-order valence-corrected chi connectivity index (χ4v) is 4.01. The third-order valence-electron chi connectivity index (χ3n) is 5.63. The van der Waals surface area contributed by atoms with Crippen molar-refractivity contribution in [3.63, 3.8) is 0 Å². The Morgan fingerprint density at radius 3 is 2.19 bits per heavy atom. The molecule has 0 bridgehead atoms. The molecule has 1 amide bonds. The molecule has 0 aliphatic carbocycles. The Morgan fingerprint density at radius 1 is 1.06 bits per heavy atom. The Labute approximate surface area is 186 Å². The van der Waals surface area contributed by atoms with E-state index in [9.17, 15) is 4.79 Å². The van der Waals surface area contributed by atoms with E-state index in [0.29, 0.717) is 45.4 Å². The van der Waals surface area contributed by atoms with Crippen molar-refractivity contribution in [2.75, 3.05) is 26.2 Å². The summed E-state index contributed by atoms with van der Waals surface area (Å²) in [7, 11) is 0. The molecule has 0 saturated carbocycles. The van der Waals surface area contributed by atoms with Crippen LogP contribution in [0.4, 0.5) is 13.6 Å². The van der Waals surface area contributed by atoms with E-state index >= 15 is 8.78 Å². The molecular formula is C25H38F2N2O2. The van der Waals surface area contributed by atoms with Gasteiger partial charge in [-0.2, -0.15) is 0 Å². The van der Waals surface area contributed by atoms with E-state index < -0.39 is 23.5 Å². The standard InChI is InChI=1S/C23H32F2N2O2.C2H6/c1-22(2,3)29-21(28)27-15-11-20(12-16-27)23(24,25)19-9-13-26(14-10-19)17-18-7-5-4-6-8-18;1-2/h4-9,20H,10-17H2,1-3H3;1-2H3. The van der Waals surface area contributed by atoms with Crippen molar-refractivity contribution < 1.29 is 18.3 Å². The molecule has 1 aromatic rings. The molecule has 0 spiro atoms. The molecule has 2 aliphatic rings. The zero-order valence-corrected chi connectivity index (χ0v) is 19.7. The van der Waals surface area contributed by atoms with Crippen molar-refractivity contribution >= 4 is 6.09 Å². The van der Waals surface area contributed by atoms with Gasteiger partial charge in [0, 0.05) is 38.6 Å². The number of hydrogen-bond acceptors (Lipinski definition) is 3. The highest BCUT2D eigenvalue weighted by atomic mass is 19.3. The molecule has 1 saturated heterocycles. The minimum Gasteiger partial charge on any atom is -0.444 e. The van der Waals surface area contributed by atoms with Gasteiger partial charge in [-0.3, -0.25) is 4.90 Å². The molecule has 2 aliphatic heterocycles. The minimum atomic E-state index is -2.81. The third kappa shape index (κ3) is 7.30. The SMILES string of the molecule is CC.CC(C)(C)OC(=O)N1CCC(C(F)(F)C2=CCN(Cc3ccccc3)CC2)CC1. The average Bonchev–Trinajstić information content (AvgIpc) is 2.75. The van der Waals surface area contributed by atoms with Gasteiger partial charge in [-0.25, -0.2) is 13.6 Å². The Hall–Kier alpha value is -1.95. The van der Waals surface area contributed by atoms with Gasteiger partial charge in [0.1, 0.15) is 5.60 Å². The topological polar surface area (TPSA) is 32.8 Å². The highest BCUT2D eigenvalue weighted by Crippen LogP contribution is 2.41. The Balaban J connectivity index is 0.00000166. The zero-order valence-electron chi connectivity index (χ0n) is 19.7. The zero-order chi connectivity index (χ0) is 23.1. The molecule has 0 N–H and O–H groups in total. The maximum absolute atomic E-state index is 15.1. The van der Waals surface area contributed by atoms with Crippen LogP contribution in [-0.4, -0.2) is 53.6 Å². The van der Waals surface area contributed by atoms with Gasteiger partial charge in [0.2, 0.25) is 0 Å². The van der Waals surface area contributed by atoms with Crippen molar-refractivity contribution in [3.05, 3.63) is 47.5 Å². The van der Waals surface area contributed by atoms with E-state index in [1.807, 2.05) is 52.8 Å². The lowest BCUT2D eigenvalue weighted by Gasteiger charge is -2.38. The molecule has 6 heteroatoms. The summed E-state index contributed by atoms with van der Waals surface area (Å²) in [5.41, 5.74) is 0.888. The molecule has 2 heterocycles. The third-order valence-corrected chi connectivity index (χ3v) is 5.63. The summed E-state index contributed by atoms with van der Waals surface area (Å²) in [5.74, 6) is -3.52. The number of halogens is 2. The number of benzene rings is 1.